The summed E-state index contributed by atoms with van der Waals surface area (Å²) in [4.78, 5) is 13.7. The lowest BCUT2D eigenvalue weighted by molar-refractivity contribution is 0.0571. The van der Waals surface area contributed by atoms with Crippen LogP contribution in [0.3, 0.4) is 0 Å². The zero-order valence-electron chi connectivity index (χ0n) is 12.3. The van der Waals surface area contributed by atoms with Gasteiger partial charge in [-0.3, -0.25) is 4.90 Å². The van der Waals surface area contributed by atoms with E-state index in [-0.39, 0.29) is 30.8 Å². The van der Waals surface area contributed by atoms with Crippen LogP contribution >= 0.6 is 0 Å². The number of nitrogens with zero attached hydrogens (tertiary/aromatic N) is 1. The SMILES string of the molecule is COC1CC(COC(=O)NCCO)N(C(C)(C)C)C1. The van der Waals surface area contributed by atoms with Crippen molar-refractivity contribution in [3.05, 3.63) is 0 Å². The van der Waals surface area contributed by atoms with Crippen LogP contribution in [0.15, 0.2) is 0 Å². The molecule has 112 valence electrons. The van der Waals surface area contributed by atoms with E-state index in [1.807, 2.05) is 0 Å². The molecule has 2 unspecified atom stereocenters. The fraction of sp³-hybridized carbons (Fsp3) is 0.923. The molecule has 1 aliphatic heterocycles. The molecule has 1 saturated heterocycles. The standard InChI is InChI=1S/C13H26N2O4/c1-13(2,3)15-8-11(18-4)7-10(15)9-19-12(17)14-5-6-16/h10-11,16H,5-9H2,1-4H3,(H,14,17). The fourth-order valence-electron chi connectivity index (χ4n) is 2.40. The van der Waals surface area contributed by atoms with Crippen LogP contribution in [0, 0.1) is 0 Å². The lowest BCUT2D eigenvalue weighted by atomic mass is 10.1. The van der Waals surface area contributed by atoms with Gasteiger partial charge in [0, 0.05) is 31.8 Å². The number of nitrogens with one attached hydrogen (secondary N) is 1. The molecule has 1 amide bonds. The summed E-state index contributed by atoms with van der Waals surface area (Å²) in [6, 6.07) is 0.171. The molecule has 0 saturated carbocycles. The molecule has 6 nitrogen and oxygen atoms in total. The number of hydrogen-bond donors (Lipinski definition) is 2. The maximum absolute atomic E-state index is 11.4. The van der Waals surface area contributed by atoms with E-state index in [9.17, 15) is 4.79 Å². The minimum Gasteiger partial charge on any atom is -0.448 e. The normalized spacial score (nSPS) is 24.5. The van der Waals surface area contributed by atoms with Crippen LogP contribution < -0.4 is 5.32 Å². The number of aliphatic hydroxyl groups excluding tert-OH is 1. The Kier molecular flexibility index (Phi) is 6.03. The maximum Gasteiger partial charge on any atom is 0.407 e. The van der Waals surface area contributed by atoms with Crippen molar-refractivity contribution in [2.24, 2.45) is 0 Å². The Bertz CT molecular complexity index is 291. The van der Waals surface area contributed by atoms with E-state index in [2.05, 4.69) is 31.0 Å². The van der Waals surface area contributed by atoms with Crippen molar-refractivity contribution in [2.45, 2.75) is 44.9 Å². The number of carbonyl (C=O) groups excluding carboxylic acids is 1. The first-order valence-electron chi connectivity index (χ1n) is 6.69. The van der Waals surface area contributed by atoms with Crippen molar-refractivity contribution in [1.82, 2.24) is 10.2 Å². The Morgan fingerprint density at radius 1 is 1.47 bits per heavy atom. The molecule has 19 heavy (non-hydrogen) atoms. The van der Waals surface area contributed by atoms with Crippen LogP contribution in [0.5, 0.6) is 0 Å². The first-order chi connectivity index (χ1) is 8.88. The topological polar surface area (TPSA) is 71.0 Å². The van der Waals surface area contributed by atoms with Gasteiger partial charge in [-0.25, -0.2) is 4.79 Å². The second-order valence-electron chi connectivity index (χ2n) is 5.82. The van der Waals surface area contributed by atoms with Crippen molar-refractivity contribution in [3.63, 3.8) is 0 Å². The number of alkyl carbamates (subject to hydrolysis) is 1. The molecule has 1 fully saturated rings. The maximum atomic E-state index is 11.4. The third kappa shape index (κ3) is 4.97. The Labute approximate surface area is 115 Å². The lowest BCUT2D eigenvalue weighted by Gasteiger charge is -2.36. The molecule has 1 rings (SSSR count). The number of likely N-dealkylation sites (tertiary alicyclic amines) is 1. The van der Waals surface area contributed by atoms with E-state index in [1.165, 1.54) is 0 Å². The van der Waals surface area contributed by atoms with E-state index in [0.717, 1.165) is 13.0 Å². The molecule has 0 aromatic carbocycles. The number of carbonyl (C=O) groups is 1. The highest BCUT2D eigenvalue weighted by atomic mass is 16.5. The summed E-state index contributed by atoms with van der Waals surface area (Å²) < 4.78 is 10.6. The van der Waals surface area contributed by atoms with Gasteiger partial charge in [0.05, 0.1) is 12.7 Å². The molecule has 0 aromatic rings. The molecule has 0 spiro atoms. The number of ether oxygens (including phenoxy) is 2. The first kappa shape index (κ1) is 16.2. The van der Waals surface area contributed by atoms with Crippen molar-refractivity contribution in [2.75, 3.05) is 33.4 Å². The third-order valence-corrected chi connectivity index (χ3v) is 3.36. The summed E-state index contributed by atoms with van der Waals surface area (Å²) in [5, 5.41) is 11.1. The number of rotatable bonds is 5. The summed E-state index contributed by atoms with van der Waals surface area (Å²) in [5.74, 6) is 0. The van der Waals surface area contributed by atoms with Crippen LogP contribution in [-0.4, -0.2) is 67.2 Å². The van der Waals surface area contributed by atoms with Crippen LogP contribution in [0.25, 0.3) is 0 Å². The molecule has 6 heteroatoms. The van der Waals surface area contributed by atoms with Crippen LogP contribution in [0.1, 0.15) is 27.2 Å². The zero-order chi connectivity index (χ0) is 14.5. The Morgan fingerprint density at radius 3 is 2.68 bits per heavy atom. The smallest absolute Gasteiger partial charge is 0.407 e. The van der Waals surface area contributed by atoms with Gasteiger partial charge in [0.1, 0.15) is 6.61 Å². The highest BCUT2D eigenvalue weighted by Crippen LogP contribution is 2.28. The van der Waals surface area contributed by atoms with Crippen molar-refractivity contribution >= 4 is 6.09 Å². The number of methoxy groups -OCH3 is 1. The predicted octanol–water partition coefficient (Wildman–Crippen LogP) is 0.593. The molecule has 0 aromatic heterocycles. The Morgan fingerprint density at radius 2 is 2.16 bits per heavy atom. The van der Waals surface area contributed by atoms with Crippen molar-refractivity contribution < 1.29 is 19.4 Å². The van der Waals surface area contributed by atoms with Crippen LogP contribution in [0.4, 0.5) is 4.79 Å². The molecular weight excluding hydrogens is 248 g/mol. The quantitative estimate of drug-likeness (QED) is 0.768. The van der Waals surface area contributed by atoms with Crippen molar-refractivity contribution in [1.29, 1.82) is 0 Å². The predicted molar refractivity (Wildman–Crippen MR) is 72.1 cm³/mol. The van der Waals surface area contributed by atoms with Gasteiger partial charge in [0.15, 0.2) is 0 Å². The largest absolute Gasteiger partial charge is 0.448 e. The number of hydrogen-bond acceptors (Lipinski definition) is 5. The van der Waals surface area contributed by atoms with Crippen LogP contribution in [-0.2, 0) is 9.47 Å². The summed E-state index contributed by atoms with van der Waals surface area (Å²) in [5.41, 5.74) is 0.0167. The average molecular weight is 274 g/mol. The average Bonchev–Trinajstić information content (AvgIpc) is 2.77. The van der Waals surface area contributed by atoms with Gasteiger partial charge in [0.25, 0.3) is 0 Å². The lowest BCUT2D eigenvalue weighted by Crippen LogP contribution is -2.47. The van der Waals surface area contributed by atoms with Crippen LogP contribution in [0.2, 0.25) is 0 Å². The van der Waals surface area contributed by atoms with Gasteiger partial charge < -0.3 is 19.9 Å². The molecule has 1 aliphatic rings. The van der Waals surface area contributed by atoms with Gasteiger partial charge in [-0.05, 0) is 27.2 Å². The van der Waals surface area contributed by atoms with Gasteiger partial charge in [-0.15, -0.1) is 0 Å². The van der Waals surface area contributed by atoms with Crippen molar-refractivity contribution in [3.8, 4) is 0 Å². The first-order valence-corrected chi connectivity index (χ1v) is 6.69. The molecule has 2 atom stereocenters. The zero-order valence-corrected chi connectivity index (χ0v) is 12.3. The summed E-state index contributed by atoms with van der Waals surface area (Å²) in [7, 11) is 1.71. The third-order valence-electron chi connectivity index (χ3n) is 3.36. The highest BCUT2D eigenvalue weighted by molar-refractivity contribution is 5.67. The molecule has 0 bridgehead atoms. The Hall–Kier alpha value is -0.850. The summed E-state index contributed by atoms with van der Waals surface area (Å²) in [6.07, 6.45) is 0.568. The van der Waals surface area contributed by atoms with E-state index in [1.54, 1.807) is 7.11 Å². The van der Waals surface area contributed by atoms with E-state index in [4.69, 9.17) is 14.6 Å². The number of amides is 1. The second-order valence-corrected chi connectivity index (χ2v) is 5.82. The molecule has 2 N–H and O–H groups in total. The second kappa shape index (κ2) is 7.07. The van der Waals surface area contributed by atoms with E-state index in [0.29, 0.717) is 6.61 Å². The minimum atomic E-state index is -0.483. The number of aliphatic hydroxyl groups is 1. The van der Waals surface area contributed by atoms with Gasteiger partial charge >= 0.3 is 6.09 Å². The van der Waals surface area contributed by atoms with Gasteiger partial charge in [0.2, 0.25) is 0 Å². The monoisotopic (exact) mass is 274 g/mol. The van der Waals surface area contributed by atoms with E-state index >= 15 is 0 Å². The van der Waals surface area contributed by atoms with E-state index < -0.39 is 6.09 Å². The fourth-order valence-corrected chi connectivity index (χ4v) is 2.40. The molecular formula is C13H26N2O4. The minimum absolute atomic E-state index is 0.0167. The van der Waals surface area contributed by atoms with Gasteiger partial charge in [-0.1, -0.05) is 0 Å². The molecule has 1 heterocycles. The van der Waals surface area contributed by atoms with Gasteiger partial charge in [-0.2, -0.15) is 0 Å². The molecule has 0 radical (unpaired) electrons. The summed E-state index contributed by atoms with van der Waals surface area (Å²) >= 11 is 0. The Balaban J connectivity index is 2.47. The molecule has 0 aliphatic carbocycles. The highest BCUT2D eigenvalue weighted by Gasteiger charge is 2.38. The summed E-state index contributed by atoms with van der Waals surface area (Å²) in [6.45, 7) is 7.75.